The average molecular weight is 609 g/mol. The molecule has 1 aromatic carbocycles. The van der Waals surface area contributed by atoms with Crippen LogP contribution < -0.4 is 15.5 Å². The topological polar surface area (TPSA) is 73.9 Å². The van der Waals surface area contributed by atoms with Gasteiger partial charge in [-0.25, -0.2) is 0 Å². The third-order valence-corrected chi connectivity index (χ3v) is 11.9. The number of nitrogens with one attached hydrogen (secondary N) is 2. The van der Waals surface area contributed by atoms with E-state index in [1.807, 2.05) is 0 Å². The van der Waals surface area contributed by atoms with Gasteiger partial charge < -0.3 is 25.2 Å². The van der Waals surface area contributed by atoms with Crippen LogP contribution >= 0.6 is 0 Å². The fourth-order valence-corrected chi connectivity index (χ4v) is 9.13. The van der Waals surface area contributed by atoms with Gasteiger partial charge >= 0.3 is 0 Å². The lowest BCUT2D eigenvalue weighted by atomic mass is 9.59. The number of likely N-dealkylation sites (tertiary alicyclic amines) is 1. The van der Waals surface area contributed by atoms with Gasteiger partial charge in [0.05, 0.1) is 5.92 Å². The minimum absolute atomic E-state index is 0.0343. The van der Waals surface area contributed by atoms with Crippen LogP contribution in [0.4, 0.5) is 5.69 Å². The first-order chi connectivity index (χ1) is 21.2. The lowest BCUT2D eigenvalue weighted by molar-refractivity contribution is -0.136. The summed E-state index contributed by atoms with van der Waals surface area (Å²) in [6.07, 6.45) is 14.1. The molecule has 5 rings (SSSR count). The Bertz CT molecular complexity index is 1120. The molecule has 7 nitrogen and oxygen atoms in total. The lowest BCUT2D eigenvalue weighted by Gasteiger charge is -2.49. The third kappa shape index (κ3) is 7.46. The minimum Gasteiger partial charge on any atom is -0.381 e. The highest BCUT2D eigenvalue weighted by Crippen LogP contribution is 2.48. The zero-order valence-corrected chi connectivity index (χ0v) is 28.4. The van der Waals surface area contributed by atoms with Gasteiger partial charge in [0.1, 0.15) is 0 Å². The molecule has 3 unspecified atom stereocenters. The van der Waals surface area contributed by atoms with Gasteiger partial charge in [0, 0.05) is 49.6 Å². The van der Waals surface area contributed by atoms with E-state index in [2.05, 4.69) is 67.3 Å². The second-order valence-electron chi connectivity index (χ2n) is 14.8. The van der Waals surface area contributed by atoms with Crippen molar-refractivity contribution < 1.29 is 14.3 Å². The van der Waals surface area contributed by atoms with Crippen LogP contribution in [0.2, 0.25) is 0 Å². The summed E-state index contributed by atoms with van der Waals surface area (Å²) < 4.78 is 5.70. The van der Waals surface area contributed by atoms with Crippen LogP contribution in [0.3, 0.4) is 0 Å². The van der Waals surface area contributed by atoms with E-state index in [-0.39, 0.29) is 29.2 Å². The first-order valence-electron chi connectivity index (χ1n) is 18.0. The largest absolute Gasteiger partial charge is 0.381 e. The standard InChI is InChI=1S/C37H60N4O3/c1-6-41(31-16-20-44-21-17-31)34-23-29(28-14-18-40(5)19-15-28)22-32(27(34)3)35(42)38-25-33-36(43)39-26(2)24-37(33,4)30-12-10-8-7-9-11-13-30/h22-23,26,28,30-31,33H,6-21,24-25H2,1-5H3,(H,38,42)(H,39,43). The number of hydrogen-bond acceptors (Lipinski definition) is 5. The van der Waals surface area contributed by atoms with Crippen LogP contribution in [0.15, 0.2) is 12.1 Å². The minimum atomic E-state index is -0.210. The second-order valence-corrected chi connectivity index (χ2v) is 14.8. The van der Waals surface area contributed by atoms with E-state index in [0.29, 0.717) is 24.4 Å². The molecule has 246 valence electrons. The number of carbonyl (C=O) groups is 2. The second kappa shape index (κ2) is 15.0. The Labute approximate surface area is 267 Å². The zero-order chi connectivity index (χ0) is 31.3. The van der Waals surface area contributed by atoms with Crippen molar-refractivity contribution in [2.75, 3.05) is 51.3 Å². The molecule has 1 saturated carbocycles. The number of amides is 2. The third-order valence-electron chi connectivity index (χ3n) is 11.9. The van der Waals surface area contributed by atoms with E-state index in [0.717, 1.165) is 76.1 Å². The number of nitrogens with zero attached hydrogens (tertiary/aromatic N) is 2. The molecule has 0 spiro atoms. The van der Waals surface area contributed by atoms with E-state index in [1.54, 1.807) is 0 Å². The van der Waals surface area contributed by atoms with E-state index < -0.39 is 0 Å². The number of hydrogen-bond donors (Lipinski definition) is 2. The summed E-state index contributed by atoms with van der Waals surface area (Å²) in [5.74, 6) is 0.852. The molecule has 3 aliphatic heterocycles. The highest BCUT2D eigenvalue weighted by Gasteiger charge is 2.48. The van der Waals surface area contributed by atoms with Gasteiger partial charge in [-0.3, -0.25) is 9.59 Å². The van der Waals surface area contributed by atoms with Crippen molar-refractivity contribution in [3.63, 3.8) is 0 Å². The van der Waals surface area contributed by atoms with Crippen LogP contribution in [0.5, 0.6) is 0 Å². The SMILES string of the molecule is CCN(c1cc(C2CCN(C)CC2)cc(C(=O)NCC2C(=O)NC(C)CC2(C)C2CCCCCCC2)c1C)C1CCOCC1. The molecule has 3 heterocycles. The van der Waals surface area contributed by atoms with Crippen LogP contribution in [0.25, 0.3) is 0 Å². The van der Waals surface area contributed by atoms with Crippen molar-refractivity contribution in [1.82, 2.24) is 15.5 Å². The Balaban J connectivity index is 1.42. The Kier molecular flexibility index (Phi) is 11.3. The smallest absolute Gasteiger partial charge is 0.251 e. The lowest BCUT2D eigenvalue weighted by Crippen LogP contribution is -2.58. The van der Waals surface area contributed by atoms with Gasteiger partial charge in [-0.1, -0.05) is 39.0 Å². The predicted octanol–water partition coefficient (Wildman–Crippen LogP) is 6.43. The monoisotopic (exact) mass is 608 g/mol. The van der Waals surface area contributed by atoms with Gasteiger partial charge in [0.15, 0.2) is 0 Å². The average Bonchev–Trinajstić information content (AvgIpc) is 2.98. The van der Waals surface area contributed by atoms with Crippen molar-refractivity contribution in [1.29, 1.82) is 0 Å². The van der Waals surface area contributed by atoms with E-state index in [9.17, 15) is 9.59 Å². The number of rotatable bonds is 8. The van der Waals surface area contributed by atoms with Gasteiger partial charge in [-0.15, -0.1) is 0 Å². The van der Waals surface area contributed by atoms with Crippen molar-refractivity contribution in [2.45, 2.75) is 123 Å². The molecule has 44 heavy (non-hydrogen) atoms. The Morgan fingerprint density at radius 3 is 2.36 bits per heavy atom. The highest BCUT2D eigenvalue weighted by molar-refractivity contribution is 5.98. The molecule has 3 atom stereocenters. The Morgan fingerprint density at radius 1 is 1.05 bits per heavy atom. The molecule has 0 aromatic heterocycles. The van der Waals surface area contributed by atoms with Crippen LogP contribution in [0, 0.1) is 24.2 Å². The molecular formula is C37H60N4O3. The fourth-order valence-electron chi connectivity index (χ4n) is 9.13. The molecule has 2 N–H and O–H groups in total. The summed E-state index contributed by atoms with van der Waals surface area (Å²) >= 11 is 0. The fraction of sp³-hybridized carbons (Fsp3) is 0.784. The molecule has 4 aliphatic rings. The van der Waals surface area contributed by atoms with Gasteiger partial charge in [-0.2, -0.15) is 0 Å². The van der Waals surface area contributed by atoms with Crippen LogP contribution in [0.1, 0.15) is 125 Å². The molecule has 3 saturated heterocycles. The maximum absolute atomic E-state index is 14.2. The summed E-state index contributed by atoms with van der Waals surface area (Å²) in [5, 5.41) is 6.57. The molecule has 1 aromatic rings. The summed E-state index contributed by atoms with van der Waals surface area (Å²) in [7, 11) is 2.20. The maximum atomic E-state index is 14.2. The molecule has 2 amide bonds. The highest BCUT2D eigenvalue weighted by atomic mass is 16.5. The first kappa shape index (κ1) is 33.2. The van der Waals surface area contributed by atoms with E-state index in [4.69, 9.17) is 4.74 Å². The van der Waals surface area contributed by atoms with E-state index in [1.165, 1.54) is 56.2 Å². The first-order valence-corrected chi connectivity index (χ1v) is 18.0. The number of ether oxygens (including phenoxy) is 1. The maximum Gasteiger partial charge on any atom is 0.251 e. The molecule has 1 aliphatic carbocycles. The summed E-state index contributed by atoms with van der Waals surface area (Å²) in [6, 6.07) is 5.17. The number of anilines is 1. The molecular weight excluding hydrogens is 548 g/mol. The summed E-state index contributed by atoms with van der Waals surface area (Å²) in [5.41, 5.74) is 4.21. The Morgan fingerprint density at radius 2 is 1.70 bits per heavy atom. The van der Waals surface area contributed by atoms with Crippen LogP contribution in [-0.2, 0) is 9.53 Å². The normalized spacial score (nSPS) is 28.6. The Hall–Kier alpha value is -2.12. The number of benzene rings is 1. The zero-order valence-electron chi connectivity index (χ0n) is 28.4. The van der Waals surface area contributed by atoms with E-state index >= 15 is 0 Å². The number of piperidine rings is 2. The van der Waals surface area contributed by atoms with Crippen molar-refractivity contribution in [3.8, 4) is 0 Å². The quantitative estimate of drug-likeness (QED) is 0.356. The summed E-state index contributed by atoms with van der Waals surface area (Å²) in [6.45, 7) is 13.9. The van der Waals surface area contributed by atoms with Gasteiger partial charge in [-0.05, 0) is 126 Å². The molecule has 7 heteroatoms. The van der Waals surface area contributed by atoms with Gasteiger partial charge in [0.2, 0.25) is 5.91 Å². The van der Waals surface area contributed by atoms with Crippen molar-refractivity contribution >= 4 is 17.5 Å². The molecule has 0 radical (unpaired) electrons. The van der Waals surface area contributed by atoms with Crippen LogP contribution in [-0.4, -0.2) is 75.2 Å². The molecule has 0 bridgehead atoms. The molecule has 4 fully saturated rings. The predicted molar refractivity (Wildman–Crippen MR) is 179 cm³/mol. The number of carbonyl (C=O) groups excluding carboxylic acids is 2. The van der Waals surface area contributed by atoms with Gasteiger partial charge in [0.25, 0.3) is 5.91 Å². The van der Waals surface area contributed by atoms with Crippen molar-refractivity contribution in [2.24, 2.45) is 17.3 Å². The summed E-state index contributed by atoms with van der Waals surface area (Å²) in [4.78, 5) is 32.7. The van der Waals surface area contributed by atoms with Crippen molar-refractivity contribution in [3.05, 3.63) is 28.8 Å².